The van der Waals surface area contributed by atoms with Crippen LogP contribution in [0.25, 0.3) is 5.82 Å². The van der Waals surface area contributed by atoms with Gasteiger partial charge in [-0.25, -0.2) is 9.97 Å². The van der Waals surface area contributed by atoms with Crippen molar-refractivity contribution in [2.75, 3.05) is 0 Å². The van der Waals surface area contributed by atoms with E-state index in [-0.39, 0.29) is 5.91 Å². The van der Waals surface area contributed by atoms with Crippen molar-refractivity contribution in [1.82, 2.24) is 19.9 Å². The first-order valence-corrected chi connectivity index (χ1v) is 9.27. The summed E-state index contributed by atoms with van der Waals surface area (Å²) < 4.78 is 7.62. The second-order valence-electron chi connectivity index (χ2n) is 6.44. The summed E-state index contributed by atoms with van der Waals surface area (Å²) in [6.45, 7) is 0.721. The molecule has 1 amide bonds. The molecule has 0 spiro atoms. The van der Waals surface area contributed by atoms with Crippen LogP contribution in [0.4, 0.5) is 0 Å². The number of hydrogen-bond donors (Lipinski definition) is 1. The Labute approximate surface area is 168 Å². The number of pyridine rings is 1. The number of ether oxygens (including phenoxy) is 1. The van der Waals surface area contributed by atoms with E-state index in [4.69, 9.17) is 4.74 Å². The van der Waals surface area contributed by atoms with Crippen molar-refractivity contribution in [1.29, 1.82) is 0 Å². The number of rotatable bonds is 7. The highest BCUT2D eigenvalue weighted by Crippen LogP contribution is 2.15. The Morgan fingerprint density at radius 2 is 1.83 bits per heavy atom. The number of carbonyl (C=O) groups is 1. The van der Waals surface area contributed by atoms with Gasteiger partial charge in [0.25, 0.3) is 5.91 Å². The zero-order chi connectivity index (χ0) is 19.9. The molecule has 6 nitrogen and oxygen atoms in total. The van der Waals surface area contributed by atoms with Crippen molar-refractivity contribution in [3.05, 3.63) is 108 Å². The average Bonchev–Trinajstić information content (AvgIpc) is 3.32. The fourth-order valence-electron chi connectivity index (χ4n) is 2.89. The molecule has 0 fully saturated rings. The minimum atomic E-state index is -0.143. The van der Waals surface area contributed by atoms with Crippen LogP contribution in [0.15, 0.2) is 91.6 Å². The van der Waals surface area contributed by atoms with Crippen molar-refractivity contribution < 1.29 is 9.53 Å². The van der Waals surface area contributed by atoms with Crippen LogP contribution in [0.1, 0.15) is 21.5 Å². The zero-order valence-electron chi connectivity index (χ0n) is 15.7. The monoisotopic (exact) mass is 384 g/mol. The number of hydrogen-bond acceptors (Lipinski definition) is 4. The van der Waals surface area contributed by atoms with Crippen LogP contribution in [0.2, 0.25) is 0 Å². The third-order valence-corrected chi connectivity index (χ3v) is 4.43. The third kappa shape index (κ3) is 4.68. The molecule has 0 radical (unpaired) electrons. The van der Waals surface area contributed by atoms with Crippen LogP contribution in [-0.2, 0) is 13.2 Å². The molecule has 0 aliphatic rings. The summed E-state index contributed by atoms with van der Waals surface area (Å²) in [5, 5.41) is 2.95. The smallest absolute Gasteiger partial charge is 0.251 e. The van der Waals surface area contributed by atoms with E-state index in [0.717, 1.165) is 22.7 Å². The lowest BCUT2D eigenvalue weighted by molar-refractivity contribution is 0.0948. The fraction of sp³-hybridized carbons (Fsp3) is 0.0870. The second-order valence-corrected chi connectivity index (χ2v) is 6.44. The predicted molar refractivity (Wildman–Crippen MR) is 110 cm³/mol. The van der Waals surface area contributed by atoms with Gasteiger partial charge in [-0.15, -0.1) is 0 Å². The van der Waals surface area contributed by atoms with Gasteiger partial charge in [0.05, 0.1) is 0 Å². The summed E-state index contributed by atoms with van der Waals surface area (Å²) in [7, 11) is 0. The number of aromatic nitrogens is 3. The SMILES string of the molecule is O=C(NCc1ccc(-n2ccnc2)nc1)c1ccccc1COc1ccccc1. The normalized spacial score (nSPS) is 10.5. The maximum atomic E-state index is 12.7. The van der Waals surface area contributed by atoms with Crippen LogP contribution in [-0.4, -0.2) is 20.4 Å². The lowest BCUT2D eigenvalue weighted by Crippen LogP contribution is -2.24. The summed E-state index contributed by atoms with van der Waals surface area (Å²) in [6, 6.07) is 20.8. The molecule has 0 saturated carbocycles. The molecular weight excluding hydrogens is 364 g/mol. The first kappa shape index (κ1) is 18.4. The largest absolute Gasteiger partial charge is 0.489 e. The number of nitrogens with zero attached hydrogens (tertiary/aromatic N) is 3. The Morgan fingerprint density at radius 3 is 2.59 bits per heavy atom. The van der Waals surface area contributed by atoms with E-state index in [1.807, 2.05) is 71.4 Å². The highest BCUT2D eigenvalue weighted by Gasteiger charge is 2.11. The van der Waals surface area contributed by atoms with E-state index < -0.39 is 0 Å². The van der Waals surface area contributed by atoms with Gasteiger partial charge in [-0.1, -0.05) is 42.5 Å². The van der Waals surface area contributed by atoms with Gasteiger partial charge in [0.2, 0.25) is 0 Å². The number of amides is 1. The first-order chi connectivity index (χ1) is 14.3. The summed E-state index contributed by atoms with van der Waals surface area (Å²) in [6.07, 6.45) is 6.98. The molecule has 2 aromatic heterocycles. The molecule has 144 valence electrons. The maximum absolute atomic E-state index is 12.7. The van der Waals surface area contributed by atoms with Crippen molar-refractivity contribution in [3.8, 4) is 11.6 Å². The minimum absolute atomic E-state index is 0.143. The van der Waals surface area contributed by atoms with Gasteiger partial charge in [0.15, 0.2) is 0 Å². The van der Waals surface area contributed by atoms with Gasteiger partial charge >= 0.3 is 0 Å². The average molecular weight is 384 g/mol. The fourth-order valence-corrected chi connectivity index (χ4v) is 2.89. The molecular formula is C23H20N4O2. The minimum Gasteiger partial charge on any atom is -0.489 e. The Balaban J connectivity index is 1.38. The van der Waals surface area contributed by atoms with Crippen molar-refractivity contribution in [2.45, 2.75) is 13.2 Å². The third-order valence-electron chi connectivity index (χ3n) is 4.43. The van der Waals surface area contributed by atoms with Crippen LogP contribution < -0.4 is 10.1 Å². The Kier molecular flexibility index (Phi) is 5.62. The highest BCUT2D eigenvalue weighted by atomic mass is 16.5. The first-order valence-electron chi connectivity index (χ1n) is 9.27. The molecule has 0 saturated heterocycles. The molecule has 4 rings (SSSR count). The van der Waals surface area contributed by atoms with Crippen molar-refractivity contribution in [3.63, 3.8) is 0 Å². The molecule has 0 bridgehead atoms. The van der Waals surface area contributed by atoms with Gasteiger partial charge < -0.3 is 10.1 Å². The number of benzene rings is 2. The quantitative estimate of drug-likeness (QED) is 0.527. The molecule has 2 aromatic carbocycles. The van der Waals surface area contributed by atoms with Crippen LogP contribution in [0.3, 0.4) is 0 Å². The molecule has 6 heteroatoms. The summed E-state index contributed by atoms with van der Waals surface area (Å²) >= 11 is 0. The number of nitrogens with one attached hydrogen (secondary N) is 1. The number of carbonyl (C=O) groups excluding carboxylic acids is 1. The van der Waals surface area contributed by atoms with Crippen molar-refractivity contribution in [2.24, 2.45) is 0 Å². The standard InChI is InChI=1S/C23H20N4O2/c28-23(26-15-18-10-11-22(25-14-18)27-13-12-24-17-27)21-9-5-4-6-19(21)16-29-20-7-2-1-3-8-20/h1-14,17H,15-16H2,(H,26,28). The Hall–Kier alpha value is -3.93. The zero-order valence-corrected chi connectivity index (χ0v) is 15.7. The summed E-state index contributed by atoms with van der Waals surface area (Å²) in [4.78, 5) is 21.1. The molecule has 0 aliphatic heterocycles. The Bertz CT molecular complexity index is 1060. The lowest BCUT2D eigenvalue weighted by Gasteiger charge is -2.12. The van der Waals surface area contributed by atoms with Crippen LogP contribution in [0, 0.1) is 0 Å². The molecule has 29 heavy (non-hydrogen) atoms. The van der Waals surface area contributed by atoms with E-state index in [2.05, 4.69) is 15.3 Å². The van der Waals surface area contributed by atoms with Gasteiger partial charge in [0, 0.05) is 36.3 Å². The molecule has 1 N–H and O–H groups in total. The van der Waals surface area contributed by atoms with Gasteiger partial charge in [-0.2, -0.15) is 0 Å². The predicted octanol–water partition coefficient (Wildman–Crippen LogP) is 3.78. The van der Waals surface area contributed by atoms with Crippen molar-refractivity contribution >= 4 is 5.91 Å². The summed E-state index contributed by atoms with van der Waals surface area (Å²) in [5.41, 5.74) is 2.36. The van der Waals surface area contributed by atoms with Gasteiger partial charge in [0.1, 0.15) is 24.5 Å². The van der Waals surface area contributed by atoms with Crippen LogP contribution in [0.5, 0.6) is 5.75 Å². The number of para-hydroxylation sites is 1. The van der Waals surface area contributed by atoms with Crippen LogP contribution >= 0.6 is 0 Å². The van der Waals surface area contributed by atoms with Gasteiger partial charge in [-0.05, 0) is 29.8 Å². The van der Waals surface area contributed by atoms with E-state index in [0.29, 0.717) is 18.7 Å². The highest BCUT2D eigenvalue weighted by molar-refractivity contribution is 5.95. The molecule has 0 atom stereocenters. The Morgan fingerprint density at radius 1 is 1.00 bits per heavy atom. The topological polar surface area (TPSA) is 69.0 Å². The van der Waals surface area contributed by atoms with Gasteiger partial charge in [-0.3, -0.25) is 9.36 Å². The number of imidazole rings is 1. The molecule has 0 aliphatic carbocycles. The van der Waals surface area contributed by atoms with E-state index >= 15 is 0 Å². The second kappa shape index (κ2) is 8.84. The lowest BCUT2D eigenvalue weighted by atomic mass is 10.1. The molecule has 2 heterocycles. The molecule has 4 aromatic rings. The molecule has 0 unspecified atom stereocenters. The van der Waals surface area contributed by atoms with E-state index in [1.165, 1.54) is 0 Å². The summed E-state index contributed by atoms with van der Waals surface area (Å²) in [5.74, 6) is 1.41. The van der Waals surface area contributed by atoms with E-state index in [1.54, 1.807) is 24.8 Å². The maximum Gasteiger partial charge on any atom is 0.251 e. The van der Waals surface area contributed by atoms with E-state index in [9.17, 15) is 4.79 Å².